The molecule has 1 amide bonds. The lowest BCUT2D eigenvalue weighted by Gasteiger charge is -2.41. The minimum absolute atomic E-state index is 0.0238. The average Bonchev–Trinajstić information content (AvgIpc) is 3.77. The molecule has 0 saturated carbocycles. The number of hydrogen-bond donors (Lipinski definition) is 3. The summed E-state index contributed by atoms with van der Waals surface area (Å²) in [6.45, 7) is 13.0. The number of pyridine rings is 1. The molecule has 5 aromatic rings. The van der Waals surface area contributed by atoms with Crippen molar-refractivity contribution in [3.63, 3.8) is 0 Å². The first-order chi connectivity index (χ1) is 31.3. The third-order valence-electron chi connectivity index (χ3n) is 13.7. The van der Waals surface area contributed by atoms with Crippen molar-refractivity contribution in [2.45, 2.75) is 82.4 Å². The number of H-pyrrole nitrogens is 1. The molecule has 1 unspecified atom stereocenters. The maximum Gasteiger partial charge on any atom is 0.268 e. The first-order valence-corrected chi connectivity index (χ1v) is 24.7. The second-order valence-electron chi connectivity index (χ2n) is 18.9. The summed E-state index contributed by atoms with van der Waals surface area (Å²) in [5.74, 6) is -0.173. The Morgan fingerprint density at radius 1 is 0.985 bits per heavy atom. The molecule has 0 bridgehead atoms. The van der Waals surface area contributed by atoms with E-state index >= 15 is 0 Å². The number of likely N-dealkylation sites (tertiary alicyclic amines) is 1. The Kier molecular flexibility index (Phi) is 13.3. The summed E-state index contributed by atoms with van der Waals surface area (Å²) in [5.41, 5.74) is 7.62. The van der Waals surface area contributed by atoms with Crippen molar-refractivity contribution >= 4 is 55.5 Å². The predicted octanol–water partition coefficient (Wildman–Crippen LogP) is 9.22. The number of piperidine rings is 1. The summed E-state index contributed by atoms with van der Waals surface area (Å²) in [7, 11) is -4.27. The molecule has 4 aliphatic rings. The number of benzene rings is 3. The Hall–Kier alpha value is -4.99. The summed E-state index contributed by atoms with van der Waals surface area (Å²) < 4.78 is 56.2. The summed E-state index contributed by atoms with van der Waals surface area (Å²) in [6, 6.07) is 22.2. The van der Waals surface area contributed by atoms with Gasteiger partial charge < -0.3 is 24.7 Å². The fourth-order valence-electron chi connectivity index (χ4n) is 9.88. The maximum absolute atomic E-state index is 14.5. The molecule has 344 valence electrons. The predicted molar refractivity (Wildman–Crippen MR) is 255 cm³/mol. The van der Waals surface area contributed by atoms with Crippen molar-refractivity contribution in [3.8, 4) is 11.5 Å². The topological polar surface area (TPSA) is 132 Å². The van der Waals surface area contributed by atoms with Crippen molar-refractivity contribution in [2.24, 2.45) is 5.41 Å². The molecule has 3 aliphatic heterocycles. The van der Waals surface area contributed by atoms with E-state index in [9.17, 15) is 17.6 Å². The van der Waals surface area contributed by atoms with Crippen molar-refractivity contribution in [3.05, 3.63) is 112 Å². The van der Waals surface area contributed by atoms with Crippen LogP contribution in [0.5, 0.6) is 11.5 Å². The smallest absolute Gasteiger partial charge is 0.268 e. The normalized spacial score (nSPS) is 21.4. The van der Waals surface area contributed by atoms with Crippen LogP contribution in [0, 0.1) is 12.3 Å². The van der Waals surface area contributed by atoms with Crippen LogP contribution < -0.4 is 19.7 Å². The number of amides is 1. The lowest BCUT2D eigenvalue weighted by Crippen LogP contribution is -2.51. The molecular formula is C50H59ClFN7O5S. The van der Waals surface area contributed by atoms with Gasteiger partial charge in [0.1, 0.15) is 23.3 Å². The summed E-state index contributed by atoms with van der Waals surface area (Å²) in [5, 5.41) is 5.15. The molecule has 2 aromatic heterocycles. The standard InChI is InChI=1S/C50H59ClFN7O5S/c1-33-26-41(9-11-45(33)55-38-14-19-59(20-15-38)46-16-25-63-32-44(46)52)65(61,62)56-49(60)42-10-8-39(28-47(42)64-40-27-35-13-18-53-48(35)54-30-40)58-23-21-57(22-24-58)31-36-12-17-50(2,3)29-43(36)34-4-6-37(51)7-5-34/h4-11,13,18,26-28,30,38,44,46,55H,12,14-17,19-25,29,31-32H2,1-3H3,(H,53,54)(H,56,60)/t44-,46?/m0/s1. The minimum Gasteiger partial charge on any atom is -0.455 e. The highest BCUT2D eigenvalue weighted by Crippen LogP contribution is 2.43. The number of allylic oxidation sites excluding steroid dienone is 1. The van der Waals surface area contributed by atoms with Gasteiger partial charge in [-0.1, -0.05) is 43.2 Å². The Morgan fingerprint density at radius 2 is 1.77 bits per heavy atom. The summed E-state index contributed by atoms with van der Waals surface area (Å²) in [4.78, 5) is 28.6. The number of alkyl halides is 1. The highest BCUT2D eigenvalue weighted by Gasteiger charge is 2.34. The Morgan fingerprint density at radius 3 is 2.52 bits per heavy atom. The fourth-order valence-corrected chi connectivity index (χ4v) is 11.1. The SMILES string of the molecule is Cc1cc(S(=O)(=O)NC(=O)c2ccc(N3CCN(CC4=C(c5ccc(Cl)cc5)CC(C)(C)CC4)CC3)cc2Oc2cnc3[nH]ccc3c2)ccc1NC1CCN(C2CCOC[C@@H]2F)CC1. The highest BCUT2D eigenvalue weighted by atomic mass is 35.5. The van der Waals surface area contributed by atoms with Gasteiger partial charge in [0.2, 0.25) is 0 Å². The van der Waals surface area contributed by atoms with Gasteiger partial charge in [0.15, 0.2) is 0 Å². The quantitative estimate of drug-likeness (QED) is 0.111. The van der Waals surface area contributed by atoms with E-state index < -0.39 is 22.1 Å². The molecule has 3 fully saturated rings. The van der Waals surface area contributed by atoms with Crippen molar-refractivity contribution < 1.29 is 27.1 Å². The van der Waals surface area contributed by atoms with Crippen LogP contribution in [-0.4, -0.2) is 111 Å². The Labute approximate surface area is 386 Å². The fraction of sp³-hybridized carbons (Fsp3) is 0.440. The Balaban J connectivity index is 0.882. The molecule has 0 spiro atoms. The van der Waals surface area contributed by atoms with Crippen LogP contribution in [0.3, 0.4) is 0 Å². The van der Waals surface area contributed by atoms with Gasteiger partial charge in [0.25, 0.3) is 15.9 Å². The van der Waals surface area contributed by atoms with Crippen LogP contribution in [0.15, 0.2) is 95.7 Å². The first-order valence-electron chi connectivity index (χ1n) is 22.9. The summed E-state index contributed by atoms with van der Waals surface area (Å²) in [6.07, 6.45) is 8.06. The van der Waals surface area contributed by atoms with Gasteiger partial charge in [-0.25, -0.2) is 22.5 Å². The van der Waals surface area contributed by atoms with E-state index in [4.69, 9.17) is 21.1 Å². The van der Waals surface area contributed by atoms with Crippen LogP contribution in [0.1, 0.15) is 73.9 Å². The van der Waals surface area contributed by atoms with Crippen LogP contribution in [-0.2, 0) is 14.8 Å². The molecule has 3 saturated heterocycles. The lowest BCUT2D eigenvalue weighted by atomic mass is 9.72. The summed E-state index contributed by atoms with van der Waals surface area (Å²) >= 11 is 6.26. The third kappa shape index (κ3) is 10.5. The van der Waals surface area contributed by atoms with E-state index in [-0.39, 0.29) is 40.3 Å². The number of fused-ring (bicyclic) bond motifs is 1. The van der Waals surface area contributed by atoms with Gasteiger partial charge >= 0.3 is 0 Å². The van der Waals surface area contributed by atoms with E-state index in [2.05, 4.69) is 60.7 Å². The average molecular weight is 925 g/mol. The molecule has 9 rings (SSSR count). The molecule has 65 heavy (non-hydrogen) atoms. The number of nitrogens with one attached hydrogen (secondary N) is 3. The largest absolute Gasteiger partial charge is 0.455 e. The van der Waals surface area contributed by atoms with Gasteiger partial charge in [-0.3, -0.25) is 14.6 Å². The van der Waals surface area contributed by atoms with Gasteiger partial charge in [0.05, 0.1) is 23.3 Å². The zero-order chi connectivity index (χ0) is 45.3. The second kappa shape index (κ2) is 19.1. The number of ether oxygens (including phenoxy) is 2. The molecule has 5 heterocycles. The van der Waals surface area contributed by atoms with Gasteiger partial charge in [0, 0.05) is 98.6 Å². The van der Waals surface area contributed by atoms with Crippen molar-refractivity contribution in [2.75, 3.05) is 69.2 Å². The molecular weight excluding hydrogens is 865 g/mol. The number of aryl methyl sites for hydroxylation is 1. The molecule has 1 aliphatic carbocycles. The molecule has 0 radical (unpaired) electrons. The maximum atomic E-state index is 14.5. The van der Waals surface area contributed by atoms with Gasteiger partial charge in [-0.05, 0) is 122 Å². The number of hydrogen-bond acceptors (Lipinski definition) is 10. The monoisotopic (exact) mass is 923 g/mol. The van der Waals surface area contributed by atoms with Crippen LogP contribution in [0.4, 0.5) is 15.8 Å². The van der Waals surface area contributed by atoms with E-state index in [1.54, 1.807) is 30.6 Å². The number of carbonyl (C=O) groups excluding carboxylic acids is 1. The minimum atomic E-state index is -4.27. The molecule has 12 nitrogen and oxygen atoms in total. The highest BCUT2D eigenvalue weighted by molar-refractivity contribution is 7.90. The van der Waals surface area contributed by atoms with E-state index in [1.165, 1.54) is 22.8 Å². The van der Waals surface area contributed by atoms with E-state index in [0.29, 0.717) is 24.4 Å². The second-order valence-corrected chi connectivity index (χ2v) is 21.0. The molecule has 3 aromatic carbocycles. The third-order valence-corrected chi connectivity index (χ3v) is 15.3. The van der Waals surface area contributed by atoms with Crippen LogP contribution in [0.25, 0.3) is 16.6 Å². The number of anilines is 2. The zero-order valence-electron chi connectivity index (χ0n) is 37.4. The number of aromatic nitrogens is 2. The number of nitrogens with zero attached hydrogens (tertiary/aromatic N) is 4. The number of carbonyl (C=O) groups is 1. The first kappa shape index (κ1) is 45.2. The zero-order valence-corrected chi connectivity index (χ0v) is 39.0. The van der Waals surface area contributed by atoms with Crippen LogP contribution in [0.2, 0.25) is 5.02 Å². The number of rotatable bonds is 12. The number of aromatic amines is 1. The Bertz CT molecular complexity index is 2660. The number of piperazine rings is 1. The van der Waals surface area contributed by atoms with Crippen LogP contribution >= 0.6 is 11.6 Å². The van der Waals surface area contributed by atoms with E-state index in [0.717, 1.165) is 105 Å². The molecule has 3 N–H and O–H groups in total. The molecule has 15 heteroatoms. The van der Waals surface area contributed by atoms with Gasteiger partial charge in [-0.2, -0.15) is 0 Å². The van der Waals surface area contributed by atoms with E-state index in [1.807, 2.05) is 43.3 Å². The number of halogens is 2. The number of sulfonamides is 1. The van der Waals surface area contributed by atoms with Crippen molar-refractivity contribution in [1.82, 2.24) is 24.5 Å². The molecule has 2 atom stereocenters. The lowest BCUT2D eigenvalue weighted by molar-refractivity contribution is -0.0331. The van der Waals surface area contributed by atoms with Gasteiger partial charge in [-0.15, -0.1) is 0 Å². The van der Waals surface area contributed by atoms with Crippen molar-refractivity contribution in [1.29, 1.82) is 0 Å².